The van der Waals surface area contributed by atoms with Crippen LogP contribution >= 0.6 is 0 Å². The second-order valence-electron chi connectivity index (χ2n) is 4.95. The molecule has 26 heavy (non-hydrogen) atoms. The molecule has 0 radical (unpaired) electrons. The van der Waals surface area contributed by atoms with Crippen molar-refractivity contribution in [2.45, 2.75) is 0 Å². The van der Waals surface area contributed by atoms with E-state index in [4.69, 9.17) is 25.8 Å². The minimum atomic E-state index is -0.531. The summed E-state index contributed by atoms with van der Waals surface area (Å²) in [7, 11) is 0. The molecule has 0 amide bonds. The smallest absolute Gasteiger partial charge is 0.270 e. The number of nitrogens with two attached hydrogens (primary N) is 2. The third-order valence-electron chi connectivity index (χ3n) is 3.21. The Morgan fingerprint density at radius 3 is 2.81 bits per heavy atom. The highest BCUT2D eigenvalue weighted by molar-refractivity contribution is 5.74. The lowest BCUT2D eigenvalue weighted by Gasteiger charge is -2.09. The fourth-order valence-corrected chi connectivity index (χ4v) is 2.12. The maximum atomic E-state index is 10.9. The van der Waals surface area contributed by atoms with Crippen LogP contribution in [0.2, 0.25) is 0 Å². The first kappa shape index (κ1) is 17.0. The molecule has 12 heteroatoms. The largest absolute Gasteiger partial charge is 0.474 e. The van der Waals surface area contributed by atoms with Gasteiger partial charge in [-0.2, -0.15) is 15.0 Å². The maximum absolute atomic E-state index is 10.9. The number of ether oxygens (including phenoxy) is 1. The van der Waals surface area contributed by atoms with Gasteiger partial charge in [-0.15, -0.1) is 0 Å². The van der Waals surface area contributed by atoms with Crippen molar-refractivity contribution in [2.24, 2.45) is 0 Å². The second-order valence-corrected chi connectivity index (χ2v) is 4.95. The van der Waals surface area contributed by atoms with Gasteiger partial charge in [0, 0.05) is 17.7 Å². The van der Waals surface area contributed by atoms with Gasteiger partial charge in [-0.1, -0.05) is 17.3 Å². The van der Waals surface area contributed by atoms with Gasteiger partial charge in [0.25, 0.3) is 11.6 Å². The van der Waals surface area contributed by atoms with Crippen molar-refractivity contribution in [3.05, 3.63) is 34.4 Å². The Morgan fingerprint density at radius 2 is 2.08 bits per heavy atom. The average Bonchev–Trinajstić information content (AvgIpc) is 3.09. The molecule has 3 aromatic rings. The molecule has 0 saturated heterocycles. The van der Waals surface area contributed by atoms with E-state index < -0.39 is 4.92 Å². The van der Waals surface area contributed by atoms with Crippen LogP contribution in [0, 0.1) is 10.1 Å². The number of nitro benzene ring substituents is 1. The molecule has 0 aliphatic heterocycles. The molecule has 0 bridgehead atoms. The summed E-state index contributed by atoms with van der Waals surface area (Å²) < 4.78 is 10.5. The highest BCUT2D eigenvalue weighted by Gasteiger charge is 2.22. The predicted octanol–water partition coefficient (Wildman–Crippen LogP) is 0.637. The fraction of sp³-hybridized carbons (Fsp3) is 0.143. The van der Waals surface area contributed by atoms with Crippen molar-refractivity contribution in [1.82, 2.24) is 20.1 Å². The van der Waals surface area contributed by atoms with Gasteiger partial charge in [-0.05, 0) is 0 Å². The Bertz CT molecular complexity index is 959. The fourth-order valence-electron chi connectivity index (χ4n) is 2.12. The van der Waals surface area contributed by atoms with Gasteiger partial charge in [0.2, 0.25) is 17.7 Å². The lowest BCUT2D eigenvalue weighted by molar-refractivity contribution is -0.384. The number of non-ortho nitro benzene ring substituents is 1. The molecule has 0 spiro atoms. The van der Waals surface area contributed by atoms with E-state index >= 15 is 0 Å². The van der Waals surface area contributed by atoms with Crippen LogP contribution in [0.5, 0.6) is 5.88 Å². The quantitative estimate of drug-likeness (QED) is 0.413. The molecule has 0 atom stereocenters. The number of nitro groups is 1. The molecular weight excluding hydrogens is 346 g/mol. The molecular formula is C14H13N7O5. The van der Waals surface area contributed by atoms with E-state index in [0.29, 0.717) is 5.56 Å². The van der Waals surface area contributed by atoms with Gasteiger partial charge in [0.1, 0.15) is 18.0 Å². The number of aliphatic hydroxyl groups is 1. The van der Waals surface area contributed by atoms with Gasteiger partial charge in [-0.3, -0.25) is 10.1 Å². The van der Waals surface area contributed by atoms with Crippen LogP contribution < -0.4 is 16.2 Å². The monoisotopic (exact) mass is 359 g/mol. The van der Waals surface area contributed by atoms with Gasteiger partial charge < -0.3 is 25.8 Å². The normalized spacial score (nSPS) is 10.7. The predicted molar refractivity (Wildman–Crippen MR) is 88.8 cm³/mol. The topological polar surface area (TPSA) is 189 Å². The average molecular weight is 359 g/mol. The number of benzene rings is 1. The molecule has 5 N–H and O–H groups in total. The van der Waals surface area contributed by atoms with E-state index in [9.17, 15) is 10.1 Å². The summed E-state index contributed by atoms with van der Waals surface area (Å²) in [6.45, 7) is -0.319. The molecule has 2 aromatic heterocycles. The van der Waals surface area contributed by atoms with Crippen LogP contribution in [-0.4, -0.2) is 43.4 Å². The Kier molecular flexibility index (Phi) is 4.57. The summed E-state index contributed by atoms with van der Waals surface area (Å²) in [5, 5.41) is 23.6. The van der Waals surface area contributed by atoms with Gasteiger partial charge in [0.15, 0.2) is 0 Å². The van der Waals surface area contributed by atoms with Crippen molar-refractivity contribution in [2.75, 3.05) is 24.7 Å². The summed E-state index contributed by atoms with van der Waals surface area (Å²) in [6.07, 6.45) is 0. The van der Waals surface area contributed by atoms with E-state index in [-0.39, 0.29) is 53.8 Å². The Hall–Kier alpha value is -3.80. The molecule has 0 fully saturated rings. The van der Waals surface area contributed by atoms with Crippen LogP contribution in [0.4, 0.5) is 17.5 Å². The van der Waals surface area contributed by atoms with Gasteiger partial charge in [0.05, 0.1) is 11.5 Å². The van der Waals surface area contributed by atoms with Gasteiger partial charge in [-0.25, -0.2) is 0 Å². The van der Waals surface area contributed by atoms with Crippen LogP contribution in [-0.2, 0) is 0 Å². The maximum Gasteiger partial charge on any atom is 0.270 e. The van der Waals surface area contributed by atoms with E-state index in [2.05, 4.69) is 20.1 Å². The molecule has 0 aliphatic carbocycles. The molecule has 0 saturated carbocycles. The highest BCUT2D eigenvalue weighted by Crippen LogP contribution is 2.33. The zero-order chi connectivity index (χ0) is 18.7. The van der Waals surface area contributed by atoms with Crippen molar-refractivity contribution in [3.63, 3.8) is 0 Å². The van der Waals surface area contributed by atoms with Crippen LogP contribution in [0.3, 0.4) is 0 Å². The van der Waals surface area contributed by atoms with Crippen LogP contribution in [0.25, 0.3) is 22.8 Å². The number of nitrogens with zero attached hydrogens (tertiary/aromatic N) is 5. The molecule has 0 unspecified atom stereocenters. The molecule has 134 valence electrons. The van der Waals surface area contributed by atoms with Crippen molar-refractivity contribution in [1.29, 1.82) is 0 Å². The standard InChI is InChI=1S/C14H13N7O5/c15-10-9(12(25-5-4-22)19-14(16)17-10)13-18-11(20-26-13)7-2-1-3-8(6-7)21(23)24/h1-3,6,22H,4-5H2,(H4,15,16,17,19). The summed E-state index contributed by atoms with van der Waals surface area (Å²) in [6, 6.07) is 5.74. The minimum Gasteiger partial charge on any atom is -0.474 e. The van der Waals surface area contributed by atoms with Crippen LogP contribution in [0.1, 0.15) is 0 Å². The zero-order valence-electron chi connectivity index (χ0n) is 13.2. The van der Waals surface area contributed by atoms with E-state index in [1.54, 1.807) is 6.07 Å². The third kappa shape index (κ3) is 3.34. The molecule has 2 heterocycles. The minimum absolute atomic E-state index is 0.0294. The van der Waals surface area contributed by atoms with Gasteiger partial charge >= 0.3 is 0 Å². The second kappa shape index (κ2) is 6.98. The first-order valence-electron chi connectivity index (χ1n) is 7.25. The number of aromatic nitrogens is 4. The Morgan fingerprint density at radius 1 is 1.27 bits per heavy atom. The summed E-state index contributed by atoms with van der Waals surface area (Å²) in [5.41, 5.74) is 11.8. The zero-order valence-corrected chi connectivity index (χ0v) is 13.2. The summed E-state index contributed by atoms with van der Waals surface area (Å²) in [4.78, 5) is 22.3. The Labute approximate surface area is 145 Å². The van der Waals surface area contributed by atoms with E-state index in [0.717, 1.165) is 0 Å². The third-order valence-corrected chi connectivity index (χ3v) is 3.21. The number of anilines is 2. The SMILES string of the molecule is Nc1nc(N)c(-c2nc(-c3cccc([N+](=O)[O-])c3)no2)c(OCCO)n1. The number of nitrogen functional groups attached to an aromatic ring is 2. The number of hydrogen-bond acceptors (Lipinski definition) is 11. The van der Waals surface area contributed by atoms with E-state index in [1.165, 1.54) is 18.2 Å². The first-order chi connectivity index (χ1) is 12.5. The Balaban J connectivity index is 2.03. The number of aliphatic hydroxyl groups excluding tert-OH is 1. The van der Waals surface area contributed by atoms with Crippen LogP contribution in [0.15, 0.2) is 28.8 Å². The molecule has 1 aromatic carbocycles. The summed E-state index contributed by atoms with van der Waals surface area (Å²) in [5.74, 6) is -0.166. The lowest BCUT2D eigenvalue weighted by atomic mass is 10.2. The van der Waals surface area contributed by atoms with Crippen molar-refractivity contribution < 1.29 is 19.3 Å². The molecule has 12 nitrogen and oxygen atoms in total. The lowest BCUT2D eigenvalue weighted by Crippen LogP contribution is -2.09. The van der Waals surface area contributed by atoms with Crippen molar-refractivity contribution in [3.8, 4) is 28.7 Å². The molecule has 0 aliphatic rings. The first-order valence-corrected chi connectivity index (χ1v) is 7.25. The number of rotatable bonds is 6. The highest BCUT2D eigenvalue weighted by atomic mass is 16.6. The number of hydrogen-bond donors (Lipinski definition) is 3. The van der Waals surface area contributed by atoms with Crippen molar-refractivity contribution >= 4 is 17.5 Å². The van der Waals surface area contributed by atoms with E-state index in [1.807, 2.05) is 0 Å². The molecule has 3 rings (SSSR count). The summed E-state index contributed by atoms with van der Waals surface area (Å²) >= 11 is 0.